The van der Waals surface area contributed by atoms with Gasteiger partial charge in [-0.25, -0.2) is 0 Å². The van der Waals surface area contributed by atoms with E-state index in [-0.39, 0.29) is 24.5 Å². The number of nitrogens with zero attached hydrogens (tertiary/aromatic N) is 2. The molecule has 0 saturated carbocycles. The molecular weight excluding hydrogens is 284 g/mol. The molecule has 1 fully saturated rings. The van der Waals surface area contributed by atoms with Crippen LogP contribution in [0.3, 0.4) is 0 Å². The van der Waals surface area contributed by atoms with E-state index < -0.39 is 0 Å². The number of hydrogen-bond donors (Lipinski definition) is 1. The van der Waals surface area contributed by atoms with Gasteiger partial charge in [0.2, 0.25) is 0 Å². The molecule has 0 bridgehead atoms. The van der Waals surface area contributed by atoms with Gasteiger partial charge in [0.05, 0.1) is 19.8 Å². The van der Waals surface area contributed by atoms with Crippen molar-refractivity contribution in [2.45, 2.75) is 6.04 Å². The molecule has 1 saturated heterocycles. The van der Waals surface area contributed by atoms with E-state index in [9.17, 15) is 9.90 Å². The first-order valence-corrected chi connectivity index (χ1v) is 7.30. The zero-order valence-electron chi connectivity index (χ0n) is 13.6. The lowest BCUT2D eigenvalue weighted by Gasteiger charge is -2.23. The first-order chi connectivity index (χ1) is 10.5. The van der Waals surface area contributed by atoms with Crippen LogP contribution in [0.1, 0.15) is 10.4 Å². The van der Waals surface area contributed by atoms with Crippen LogP contribution >= 0.6 is 0 Å². The third-order valence-electron chi connectivity index (χ3n) is 4.23. The third-order valence-corrected chi connectivity index (χ3v) is 4.23. The number of amides is 1. The molecule has 1 aliphatic heterocycles. The van der Waals surface area contributed by atoms with Gasteiger partial charge in [-0.05, 0) is 26.2 Å². The molecule has 122 valence electrons. The second-order valence-electron chi connectivity index (χ2n) is 5.75. The molecule has 0 aliphatic carbocycles. The molecule has 1 heterocycles. The van der Waals surface area contributed by atoms with Crippen molar-refractivity contribution in [1.82, 2.24) is 9.80 Å². The van der Waals surface area contributed by atoms with Crippen LogP contribution in [0.5, 0.6) is 11.5 Å². The summed E-state index contributed by atoms with van der Waals surface area (Å²) in [5, 5.41) is 9.52. The summed E-state index contributed by atoms with van der Waals surface area (Å²) in [6.45, 7) is 1.23. The number of hydrogen-bond acceptors (Lipinski definition) is 5. The Balaban J connectivity index is 2.22. The standard InChI is InChI=1S/C16H24N2O4/c1-17(2)14-9-18(8-11(14)10-19)16(20)13-6-5-12(21-3)7-15(13)22-4/h5-7,11,14,19H,8-10H2,1-4H3/t11-,14+/m0/s1. The molecule has 0 radical (unpaired) electrons. The van der Waals surface area contributed by atoms with Gasteiger partial charge < -0.3 is 24.4 Å². The number of methoxy groups -OCH3 is 2. The SMILES string of the molecule is COc1ccc(C(=O)N2C[C@@H](CO)[C@H](N(C)C)C2)c(OC)c1. The van der Waals surface area contributed by atoms with Crippen molar-refractivity contribution in [2.24, 2.45) is 5.92 Å². The summed E-state index contributed by atoms with van der Waals surface area (Å²) in [5.41, 5.74) is 0.513. The molecule has 1 amide bonds. The maximum absolute atomic E-state index is 12.8. The quantitative estimate of drug-likeness (QED) is 0.867. The fourth-order valence-electron chi connectivity index (χ4n) is 2.93. The molecule has 1 aromatic carbocycles. The number of benzene rings is 1. The topological polar surface area (TPSA) is 62.2 Å². The normalized spacial score (nSPS) is 21.3. The Hall–Kier alpha value is -1.79. The van der Waals surface area contributed by atoms with E-state index in [1.165, 1.54) is 7.11 Å². The average Bonchev–Trinajstić information content (AvgIpc) is 2.98. The van der Waals surface area contributed by atoms with E-state index in [0.29, 0.717) is 30.2 Å². The number of aliphatic hydroxyl groups excluding tert-OH is 1. The monoisotopic (exact) mass is 308 g/mol. The summed E-state index contributed by atoms with van der Waals surface area (Å²) in [5.74, 6) is 1.14. The number of likely N-dealkylation sites (tertiary alicyclic amines) is 1. The largest absolute Gasteiger partial charge is 0.497 e. The van der Waals surface area contributed by atoms with Gasteiger partial charge in [0.1, 0.15) is 11.5 Å². The Morgan fingerprint density at radius 3 is 2.55 bits per heavy atom. The number of carbonyl (C=O) groups excluding carboxylic acids is 1. The van der Waals surface area contributed by atoms with Gasteiger partial charge in [0.25, 0.3) is 5.91 Å². The average molecular weight is 308 g/mol. The minimum absolute atomic E-state index is 0.0724. The minimum Gasteiger partial charge on any atom is -0.497 e. The highest BCUT2D eigenvalue weighted by atomic mass is 16.5. The van der Waals surface area contributed by atoms with Crippen LogP contribution in [0.2, 0.25) is 0 Å². The lowest BCUT2D eigenvalue weighted by molar-refractivity contribution is 0.0775. The lowest BCUT2D eigenvalue weighted by Crippen LogP contribution is -2.37. The summed E-state index contributed by atoms with van der Waals surface area (Å²) in [6, 6.07) is 5.34. The van der Waals surface area contributed by atoms with Crippen LogP contribution in [0, 0.1) is 5.92 Å². The Labute approximate surface area is 131 Å². The molecular formula is C16H24N2O4. The predicted molar refractivity (Wildman–Crippen MR) is 83.5 cm³/mol. The highest BCUT2D eigenvalue weighted by molar-refractivity contribution is 5.97. The van der Waals surface area contributed by atoms with Crippen LogP contribution in [0.4, 0.5) is 0 Å². The molecule has 0 spiro atoms. The summed E-state index contributed by atoms with van der Waals surface area (Å²) in [6.07, 6.45) is 0. The highest BCUT2D eigenvalue weighted by Gasteiger charge is 2.36. The van der Waals surface area contributed by atoms with Crippen molar-refractivity contribution in [2.75, 3.05) is 48.0 Å². The van der Waals surface area contributed by atoms with Crippen molar-refractivity contribution in [3.05, 3.63) is 23.8 Å². The van der Waals surface area contributed by atoms with Gasteiger partial charge in [0.15, 0.2) is 0 Å². The van der Waals surface area contributed by atoms with Crippen molar-refractivity contribution in [1.29, 1.82) is 0 Å². The smallest absolute Gasteiger partial charge is 0.257 e. The van der Waals surface area contributed by atoms with E-state index >= 15 is 0 Å². The number of aliphatic hydroxyl groups is 1. The van der Waals surface area contributed by atoms with E-state index in [0.717, 1.165) is 0 Å². The number of carbonyl (C=O) groups is 1. The second kappa shape index (κ2) is 6.98. The molecule has 22 heavy (non-hydrogen) atoms. The Morgan fingerprint density at radius 1 is 1.32 bits per heavy atom. The van der Waals surface area contributed by atoms with E-state index in [4.69, 9.17) is 9.47 Å². The molecule has 2 atom stereocenters. The maximum Gasteiger partial charge on any atom is 0.257 e. The minimum atomic E-state index is -0.0812. The first-order valence-electron chi connectivity index (χ1n) is 7.30. The van der Waals surface area contributed by atoms with Crippen molar-refractivity contribution in [3.63, 3.8) is 0 Å². The number of ether oxygens (including phenoxy) is 2. The summed E-state index contributed by atoms with van der Waals surface area (Å²) in [4.78, 5) is 16.6. The molecule has 1 aromatic rings. The van der Waals surface area contributed by atoms with Gasteiger partial charge in [-0.1, -0.05) is 0 Å². The van der Waals surface area contributed by atoms with Gasteiger partial charge in [-0.3, -0.25) is 4.79 Å². The van der Waals surface area contributed by atoms with Gasteiger partial charge in [-0.2, -0.15) is 0 Å². The van der Waals surface area contributed by atoms with Crippen molar-refractivity contribution < 1.29 is 19.4 Å². The summed E-state index contributed by atoms with van der Waals surface area (Å²) in [7, 11) is 7.05. The van der Waals surface area contributed by atoms with Crippen LogP contribution in [0.25, 0.3) is 0 Å². The van der Waals surface area contributed by atoms with Crippen molar-refractivity contribution in [3.8, 4) is 11.5 Å². The van der Waals surface area contributed by atoms with Crippen LogP contribution in [-0.4, -0.2) is 74.9 Å². The van der Waals surface area contributed by atoms with Gasteiger partial charge in [-0.15, -0.1) is 0 Å². The van der Waals surface area contributed by atoms with Gasteiger partial charge >= 0.3 is 0 Å². The molecule has 0 unspecified atom stereocenters. The molecule has 2 rings (SSSR count). The predicted octanol–water partition coefficient (Wildman–Crippen LogP) is 0.698. The van der Waals surface area contributed by atoms with Crippen LogP contribution in [-0.2, 0) is 0 Å². The van der Waals surface area contributed by atoms with Gasteiger partial charge in [0, 0.05) is 37.7 Å². The Kier molecular flexibility index (Phi) is 5.26. The zero-order chi connectivity index (χ0) is 16.3. The maximum atomic E-state index is 12.8. The first kappa shape index (κ1) is 16.6. The van der Waals surface area contributed by atoms with Crippen LogP contribution in [0.15, 0.2) is 18.2 Å². The fraction of sp³-hybridized carbons (Fsp3) is 0.562. The molecule has 1 N–H and O–H groups in total. The van der Waals surface area contributed by atoms with E-state index in [1.807, 2.05) is 14.1 Å². The van der Waals surface area contributed by atoms with Crippen molar-refractivity contribution >= 4 is 5.91 Å². The summed E-state index contributed by atoms with van der Waals surface area (Å²) < 4.78 is 10.5. The number of likely N-dealkylation sites (N-methyl/N-ethyl adjacent to an activating group) is 1. The Bertz CT molecular complexity index is 533. The Morgan fingerprint density at radius 2 is 2.05 bits per heavy atom. The zero-order valence-corrected chi connectivity index (χ0v) is 13.6. The molecule has 6 nitrogen and oxygen atoms in total. The highest BCUT2D eigenvalue weighted by Crippen LogP contribution is 2.28. The summed E-state index contributed by atoms with van der Waals surface area (Å²) >= 11 is 0. The molecule has 1 aliphatic rings. The number of rotatable bonds is 5. The lowest BCUT2D eigenvalue weighted by atomic mass is 10.0. The fourth-order valence-corrected chi connectivity index (χ4v) is 2.93. The third kappa shape index (κ3) is 3.18. The van der Waals surface area contributed by atoms with E-state index in [1.54, 1.807) is 30.2 Å². The molecule has 6 heteroatoms. The second-order valence-corrected chi connectivity index (χ2v) is 5.75. The van der Waals surface area contributed by atoms with Crippen LogP contribution < -0.4 is 9.47 Å². The molecule has 0 aromatic heterocycles. The van der Waals surface area contributed by atoms with E-state index in [2.05, 4.69) is 4.90 Å².